The summed E-state index contributed by atoms with van der Waals surface area (Å²) in [5.41, 5.74) is 9.61. The molecule has 0 aliphatic carbocycles. The molecule has 2 aromatic heterocycles. The number of fused-ring (bicyclic) bond motifs is 3. The van der Waals surface area contributed by atoms with Crippen LogP contribution in [0.2, 0.25) is 0 Å². The predicted octanol–water partition coefficient (Wildman–Crippen LogP) is 4.02. The van der Waals surface area contributed by atoms with Crippen molar-refractivity contribution < 1.29 is 19.0 Å². The van der Waals surface area contributed by atoms with Gasteiger partial charge < -0.3 is 29.4 Å². The number of carbonyl (C=O) groups excluding carboxylic acids is 1. The minimum Gasteiger partial charge on any atom is -0.493 e. The van der Waals surface area contributed by atoms with Gasteiger partial charge in [-0.3, -0.25) is 4.79 Å². The molecule has 0 unspecified atom stereocenters. The lowest BCUT2D eigenvalue weighted by Crippen LogP contribution is -2.29. The molecule has 35 heavy (non-hydrogen) atoms. The summed E-state index contributed by atoms with van der Waals surface area (Å²) < 4.78 is 18.4. The van der Waals surface area contributed by atoms with Gasteiger partial charge in [0.2, 0.25) is 11.7 Å². The highest BCUT2D eigenvalue weighted by atomic mass is 16.5. The monoisotopic (exact) mass is 477 g/mol. The lowest BCUT2D eigenvalue weighted by Gasteiger charge is -2.22. The first kappa shape index (κ1) is 24.1. The quantitative estimate of drug-likeness (QED) is 0.344. The number of anilines is 1. The third-order valence-electron chi connectivity index (χ3n) is 6.10. The maximum absolute atomic E-state index is 12.4. The van der Waals surface area contributed by atoms with Gasteiger partial charge in [-0.1, -0.05) is 18.2 Å². The fourth-order valence-electron chi connectivity index (χ4n) is 4.36. The lowest BCUT2D eigenvalue weighted by atomic mass is 10.1. The van der Waals surface area contributed by atoms with Crippen LogP contribution < -0.4 is 19.9 Å². The molecule has 0 atom stereocenters. The molecule has 2 heterocycles. The maximum atomic E-state index is 12.4. The SMILES string of the molecule is COc1cc(CN(CCCCn2cnc3c(N)nc4ccccc4c32)C(C)=O)cc(OC)c1OC. The summed E-state index contributed by atoms with van der Waals surface area (Å²) in [6.07, 6.45) is 3.52. The van der Waals surface area contributed by atoms with Crippen molar-refractivity contribution in [2.75, 3.05) is 33.6 Å². The van der Waals surface area contributed by atoms with Gasteiger partial charge in [-0.05, 0) is 36.6 Å². The van der Waals surface area contributed by atoms with Gasteiger partial charge in [0.25, 0.3) is 0 Å². The topological polar surface area (TPSA) is 105 Å². The molecule has 2 N–H and O–H groups in total. The number of carbonyl (C=O) groups is 1. The number of ether oxygens (including phenoxy) is 3. The van der Waals surface area contributed by atoms with Gasteiger partial charge in [0.15, 0.2) is 17.3 Å². The first-order chi connectivity index (χ1) is 17.0. The number of aromatic nitrogens is 3. The number of imidazole rings is 1. The van der Waals surface area contributed by atoms with Crippen LogP contribution in [-0.2, 0) is 17.9 Å². The second-order valence-corrected chi connectivity index (χ2v) is 8.33. The molecule has 0 saturated heterocycles. The third-order valence-corrected chi connectivity index (χ3v) is 6.10. The Bertz CT molecular complexity index is 1330. The molecule has 0 aliphatic rings. The Morgan fingerprint density at radius 3 is 2.43 bits per heavy atom. The molecule has 4 aromatic rings. The summed E-state index contributed by atoms with van der Waals surface area (Å²) in [5, 5.41) is 1.03. The summed E-state index contributed by atoms with van der Waals surface area (Å²) >= 11 is 0. The smallest absolute Gasteiger partial charge is 0.219 e. The molecule has 0 aliphatic heterocycles. The minimum absolute atomic E-state index is 0.0108. The van der Waals surface area contributed by atoms with Crippen LogP contribution in [-0.4, -0.2) is 53.2 Å². The number of para-hydroxylation sites is 1. The van der Waals surface area contributed by atoms with Gasteiger partial charge in [-0.2, -0.15) is 0 Å². The number of pyridine rings is 1. The van der Waals surface area contributed by atoms with E-state index in [1.807, 2.05) is 47.6 Å². The zero-order chi connectivity index (χ0) is 24.9. The molecule has 0 spiro atoms. The van der Waals surface area contributed by atoms with Gasteiger partial charge in [0.1, 0.15) is 5.52 Å². The molecule has 9 nitrogen and oxygen atoms in total. The van der Waals surface area contributed by atoms with E-state index in [0.29, 0.717) is 36.2 Å². The molecule has 0 radical (unpaired) electrons. The van der Waals surface area contributed by atoms with Gasteiger partial charge in [0.05, 0.1) is 38.7 Å². The molecule has 0 saturated carbocycles. The standard InChI is InChI=1S/C26H31N5O4/c1-17(32)30(15-18-13-21(33-2)25(35-4)22(14-18)34-3)11-7-8-12-31-16-28-23-24(31)19-9-5-6-10-20(19)29-26(23)27/h5-6,9-10,13-14,16H,7-8,11-12,15H2,1-4H3,(H2,27,29). The molecular formula is C26H31N5O4. The molecule has 1 amide bonds. The van der Waals surface area contributed by atoms with E-state index >= 15 is 0 Å². The Morgan fingerprint density at radius 1 is 1.06 bits per heavy atom. The van der Waals surface area contributed by atoms with E-state index in [1.54, 1.807) is 28.3 Å². The first-order valence-electron chi connectivity index (χ1n) is 11.5. The van der Waals surface area contributed by atoms with Crippen LogP contribution in [0.5, 0.6) is 17.2 Å². The highest BCUT2D eigenvalue weighted by molar-refractivity contribution is 6.06. The highest BCUT2D eigenvalue weighted by Gasteiger charge is 2.17. The summed E-state index contributed by atoms with van der Waals surface area (Å²) in [5.74, 6) is 2.11. The molecule has 184 valence electrons. The summed E-state index contributed by atoms with van der Waals surface area (Å²) in [4.78, 5) is 23.1. The van der Waals surface area contributed by atoms with Crippen molar-refractivity contribution >= 4 is 33.7 Å². The molecule has 0 bridgehead atoms. The molecule has 0 fully saturated rings. The Morgan fingerprint density at radius 2 is 1.77 bits per heavy atom. The second-order valence-electron chi connectivity index (χ2n) is 8.33. The Kier molecular flexibility index (Phi) is 7.24. The number of methoxy groups -OCH3 is 3. The van der Waals surface area contributed by atoms with Crippen LogP contribution in [0.25, 0.3) is 21.9 Å². The van der Waals surface area contributed by atoms with Crippen molar-refractivity contribution in [1.82, 2.24) is 19.4 Å². The van der Waals surface area contributed by atoms with Gasteiger partial charge >= 0.3 is 0 Å². The van der Waals surface area contributed by atoms with Gasteiger partial charge in [-0.25, -0.2) is 9.97 Å². The molecule has 4 rings (SSSR count). The van der Waals surface area contributed by atoms with Crippen molar-refractivity contribution in [3.63, 3.8) is 0 Å². The van der Waals surface area contributed by atoms with Crippen LogP contribution in [0.1, 0.15) is 25.3 Å². The number of rotatable bonds is 10. The average Bonchev–Trinajstić information content (AvgIpc) is 3.30. The van der Waals surface area contributed by atoms with Crippen molar-refractivity contribution in [3.05, 3.63) is 48.3 Å². The summed E-state index contributed by atoms with van der Waals surface area (Å²) in [6, 6.07) is 11.7. The number of nitrogens with two attached hydrogens (primary N) is 1. The van der Waals surface area contributed by atoms with E-state index < -0.39 is 0 Å². The van der Waals surface area contributed by atoms with Crippen molar-refractivity contribution in [2.45, 2.75) is 32.9 Å². The molecule has 9 heteroatoms. The summed E-state index contributed by atoms with van der Waals surface area (Å²) in [7, 11) is 4.73. The van der Waals surface area contributed by atoms with Crippen LogP contribution >= 0.6 is 0 Å². The maximum Gasteiger partial charge on any atom is 0.219 e. The average molecular weight is 478 g/mol. The normalized spacial score (nSPS) is 11.1. The zero-order valence-electron chi connectivity index (χ0n) is 20.6. The number of nitrogens with zero attached hydrogens (tertiary/aromatic N) is 4. The number of nitrogen functional groups attached to an aromatic ring is 1. The van der Waals surface area contributed by atoms with Crippen LogP contribution in [0.3, 0.4) is 0 Å². The number of amides is 1. The predicted molar refractivity (Wildman–Crippen MR) is 136 cm³/mol. The van der Waals surface area contributed by atoms with Crippen molar-refractivity contribution in [3.8, 4) is 17.2 Å². The highest BCUT2D eigenvalue weighted by Crippen LogP contribution is 2.38. The minimum atomic E-state index is 0.0108. The third kappa shape index (κ3) is 4.94. The second kappa shape index (κ2) is 10.5. The van der Waals surface area contributed by atoms with Crippen LogP contribution in [0, 0.1) is 0 Å². The fraction of sp³-hybridized carbons (Fsp3) is 0.346. The lowest BCUT2D eigenvalue weighted by molar-refractivity contribution is -0.129. The molecular weight excluding hydrogens is 446 g/mol. The zero-order valence-corrected chi connectivity index (χ0v) is 20.6. The number of benzene rings is 2. The van der Waals surface area contributed by atoms with Gasteiger partial charge in [-0.15, -0.1) is 0 Å². The number of hydrogen-bond donors (Lipinski definition) is 1. The van der Waals surface area contributed by atoms with E-state index in [4.69, 9.17) is 19.9 Å². The first-order valence-corrected chi connectivity index (χ1v) is 11.5. The largest absolute Gasteiger partial charge is 0.493 e. The van der Waals surface area contributed by atoms with Crippen molar-refractivity contribution in [2.24, 2.45) is 0 Å². The van der Waals surface area contributed by atoms with E-state index in [2.05, 4.69) is 14.5 Å². The number of aryl methyl sites for hydroxylation is 1. The number of hydrogen-bond acceptors (Lipinski definition) is 7. The number of unbranched alkanes of at least 4 members (excludes halogenated alkanes) is 1. The van der Waals surface area contributed by atoms with Crippen LogP contribution in [0.4, 0.5) is 5.82 Å². The van der Waals surface area contributed by atoms with Gasteiger partial charge in [0, 0.05) is 31.9 Å². The van der Waals surface area contributed by atoms with E-state index in [1.165, 1.54) is 0 Å². The Balaban J connectivity index is 1.45. The summed E-state index contributed by atoms with van der Waals surface area (Å²) in [6.45, 7) is 3.43. The Labute approximate surface area is 204 Å². The molecule has 2 aromatic carbocycles. The van der Waals surface area contributed by atoms with E-state index in [9.17, 15) is 4.79 Å². The van der Waals surface area contributed by atoms with E-state index in [-0.39, 0.29) is 5.91 Å². The fourth-order valence-corrected chi connectivity index (χ4v) is 4.36. The van der Waals surface area contributed by atoms with Crippen LogP contribution in [0.15, 0.2) is 42.7 Å². The van der Waals surface area contributed by atoms with E-state index in [0.717, 1.165) is 46.9 Å². The van der Waals surface area contributed by atoms with Crippen molar-refractivity contribution in [1.29, 1.82) is 0 Å². The Hall–Kier alpha value is -4.01.